The van der Waals surface area contributed by atoms with E-state index in [-0.39, 0.29) is 35.2 Å². The van der Waals surface area contributed by atoms with E-state index in [9.17, 15) is 19.8 Å². The van der Waals surface area contributed by atoms with Gasteiger partial charge in [-0.25, -0.2) is 0 Å². The van der Waals surface area contributed by atoms with Gasteiger partial charge in [0.15, 0.2) is 0 Å². The van der Waals surface area contributed by atoms with Crippen LogP contribution in [0.4, 0.5) is 0 Å². The number of benzene rings is 1. The Morgan fingerprint density at radius 3 is 2.44 bits per heavy atom. The van der Waals surface area contributed by atoms with Crippen LogP contribution in [-0.2, 0) is 14.3 Å². The fraction of sp³-hybridized carbons (Fsp3) is 0.724. The molecule has 2 unspecified atom stereocenters. The van der Waals surface area contributed by atoms with Gasteiger partial charge < -0.3 is 14.9 Å². The summed E-state index contributed by atoms with van der Waals surface area (Å²) in [5.41, 5.74) is 0.984. The zero-order valence-electron chi connectivity index (χ0n) is 21.7. The third kappa shape index (κ3) is 8.81. The standard InChI is InChI=1S/C29H46O5/c1-5-18-29(2,3)20-22(30)16-17-25-24(26(31)19-27(25)34-4)15-11-7-10-14-23(28(32)33)21-12-8-6-9-13-21/h6,8-9,12-13,22-25,27,30H,5,7,10-11,14-20H2,1-4H3,(H,32,33)/t22?,23?,24-,25-,27-/m1/s1. The first-order valence-corrected chi connectivity index (χ1v) is 13.2. The van der Waals surface area contributed by atoms with E-state index in [4.69, 9.17) is 4.74 Å². The van der Waals surface area contributed by atoms with Gasteiger partial charge in [0.2, 0.25) is 0 Å². The van der Waals surface area contributed by atoms with Crippen molar-refractivity contribution in [2.24, 2.45) is 17.3 Å². The third-order valence-corrected chi connectivity index (χ3v) is 7.67. The molecule has 5 atom stereocenters. The number of hydrogen-bond acceptors (Lipinski definition) is 4. The highest BCUT2D eigenvalue weighted by molar-refractivity contribution is 5.84. The third-order valence-electron chi connectivity index (χ3n) is 7.67. The monoisotopic (exact) mass is 474 g/mol. The number of carboxylic acids is 1. The molecule has 34 heavy (non-hydrogen) atoms. The van der Waals surface area contributed by atoms with Crippen LogP contribution in [0.1, 0.15) is 103 Å². The molecule has 2 rings (SSSR count). The van der Waals surface area contributed by atoms with Crippen molar-refractivity contribution in [1.29, 1.82) is 0 Å². The number of ether oxygens (including phenoxy) is 1. The molecule has 0 radical (unpaired) electrons. The molecule has 1 aromatic carbocycles. The molecule has 1 aromatic rings. The van der Waals surface area contributed by atoms with Gasteiger partial charge in [-0.3, -0.25) is 9.59 Å². The largest absolute Gasteiger partial charge is 0.481 e. The van der Waals surface area contributed by atoms with Crippen molar-refractivity contribution in [3.63, 3.8) is 0 Å². The van der Waals surface area contributed by atoms with Crippen molar-refractivity contribution in [2.45, 2.75) is 110 Å². The van der Waals surface area contributed by atoms with Crippen molar-refractivity contribution in [3.8, 4) is 0 Å². The summed E-state index contributed by atoms with van der Waals surface area (Å²) in [4.78, 5) is 24.4. The molecule has 1 aliphatic rings. The van der Waals surface area contributed by atoms with Gasteiger partial charge in [0, 0.05) is 19.4 Å². The van der Waals surface area contributed by atoms with Crippen molar-refractivity contribution in [1.82, 2.24) is 0 Å². The van der Waals surface area contributed by atoms with Crippen LogP contribution in [0.2, 0.25) is 0 Å². The molecule has 0 aliphatic heterocycles. The van der Waals surface area contributed by atoms with E-state index in [2.05, 4.69) is 20.8 Å². The van der Waals surface area contributed by atoms with Gasteiger partial charge in [0.25, 0.3) is 0 Å². The number of hydrogen-bond donors (Lipinski definition) is 2. The topological polar surface area (TPSA) is 83.8 Å². The van der Waals surface area contributed by atoms with Crippen LogP contribution >= 0.6 is 0 Å². The van der Waals surface area contributed by atoms with Crippen LogP contribution in [0.15, 0.2) is 30.3 Å². The molecule has 1 aliphatic carbocycles. The first-order chi connectivity index (χ1) is 16.2. The first kappa shape index (κ1) is 28.5. The molecule has 192 valence electrons. The summed E-state index contributed by atoms with van der Waals surface area (Å²) in [5, 5.41) is 20.3. The Bertz CT molecular complexity index is 744. The molecule has 5 heteroatoms. The normalized spacial score (nSPS) is 22.6. The highest BCUT2D eigenvalue weighted by atomic mass is 16.5. The molecule has 0 heterocycles. The molecular weight excluding hydrogens is 428 g/mol. The Balaban J connectivity index is 1.83. The number of aliphatic hydroxyl groups is 1. The van der Waals surface area contributed by atoms with Crippen LogP contribution in [0.5, 0.6) is 0 Å². The van der Waals surface area contributed by atoms with Crippen LogP contribution < -0.4 is 0 Å². The highest BCUT2D eigenvalue weighted by Gasteiger charge is 2.42. The highest BCUT2D eigenvalue weighted by Crippen LogP contribution is 2.39. The lowest BCUT2D eigenvalue weighted by Crippen LogP contribution is -2.26. The van der Waals surface area contributed by atoms with Crippen LogP contribution in [-0.4, -0.2) is 41.3 Å². The minimum absolute atomic E-state index is 0.00908. The van der Waals surface area contributed by atoms with Crippen molar-refractivity contribution in [3.05, 3.63) is 35.9 Å². The van der Waals surface area contributed by atoms with Crippen LogP contribution in [0.3, 0.4) is 0 Å². The predicted octanol–water partition coefficient (Wildman–Crippen LogP) is 6.38. The Labute approximate surface area is 206 Å². The van der Waals surface area contributed by atoms with Crippen molar-refractivity contribution < 1.29 is 24.5 Å². The average molecular weight is 475 g/mol. The number of methoxy groups -OCH3 is 1. The van der Waals surface area contributed by atoms with E-state index in [0.29, 0.717) is 19.3 Å². The van der Waals surface area contributed by atoms with Crippen molar-refractivity contribution >= 4 is 11.8 Å². The number of carbonyl (C=O) groups is 2. The van der Waals surface area contributed by atoms with Gasteiger partial charge in [0.1, 0.15) is 5.78 Å². The number of carboxylic acid groups (broad SMARTS) is 1. The number of ketones is 1. The maximum Gasteiger partial charge on any atom is 0.310 e. The molecule has 0 amide bonds. The summed E-state index contributed by atoms with van der Waals surface area (Å²) in [6.07, 6.45) is 8.69. The van der Waals surface area contributed by atoms with E-state index in [1.54, 1.807) is 7.11 Å². The van der Waals surface area contributed by atoms with Gasteiger partial charge in [-0.15, -0.1) is 0 Å². The van der Waals surface area contributed by atoms with Crippen LogP contribution in [0, 0.1) is 17.3 Å². The summed E-state index contributed by atoms with van der Waals surface area (Å²) in [6, 6.07) is 9.42. The zero-order valence-corrected chi connectivity index (χ0v) is 21.7. The lowest BCUT2D eigenvalue weighted by Gasteiger charge is -2.29. The van der Waals surface area contributed by atoms with E-state index in [1.807, 2.05) is 30.3 Å². The second-order valence-electron chi connectivity index (χ2n) is 11.0. The van der Waals surface area contributed by atoms with E-state index >= 15 is 0 Å². The summed E-state index contributed by atoms with van der Waals surface area (Å²) in [6.45, 7) is 6.61. The lowest BCUT2D eigenvalue weighted by atomic mass is 9.80. The average Bonchev–Trinajstić information content (AvgIpc) is 3.09. The predicted molar refractivity (Wildman–Crippen MR) is 136 cm³/mol. The first-order valence-electron chi connectivity index (χ1n) is 13.2. The second-order valence-corrected chi connectivity index (χ2v) is 11.0. The van der Waals surface area contributed by atoms with E-state index in [0.717, 1.165) is 56.9 Å². The zero-order chi connectivity index (χ0) is 25.1. The maximum atomic E-state index is 12.7. The Morgan fingerprint density at radius 1 is 1.12 bits per heavy atom. The Hall–Kier alpha value is -1.72. The molecule has 0 spiro atoms. The molecular formula is C29H46O5. The summed E-state index contributed by atoms with van der Waals surface area (Å²) in [7, 11) is 1.68. The van der Waals surface area contributed by atoms with Gasteiger partial charge in [-0.1, -0.05) is 76.8 Å². The Morgan fingerprint density at radius 2 is 1.82 bits per heavy atom. The van der Waals surface area contributed by atoms with Gasteiger partial charge in [0.05, 0.1) is 18.1 Å². The molecule has 5 nitrogen and oxygen atoms in total. The van der Waals surface area contributed by atoms with Gasteiger partial charge >= 0.3 is 5.97 Å². The fourth-order valence-corrected chi connectivity index (χ4v) is 5.93. The molecule has 2 N–H and O–H groups in total. The fourth-order valence-electron chi connectivity index (χ4n) is 5.93. The number of Topliss-reactive ketones (excluding diaryl/α,β-unsaturated/α-hetero) is 1. The SMILES string of the molecule is CCCC(C)(C)CC(O)CC[C@H]1[C@H](OC)CC(=O)[C@@H]1CCCCCC(C(=O)O)c1ccccc1. The van der Waals surface area contributed by atoms with Crippen molar-refractivity contribution in [2.75, 3.05) is 7.11 Å². The number of rotatable bonds is 16. The quantitative estimate of drug-likeness (QED) is 0.271. The van der Waals surface area contributed by atoms with Gasteiger partial charge in [-0.05, 0) is 55.4 Å². The summed E-state index contributed by atoms with van der Waals surface area (Å²) in [5.74, 6) is -0.813. The van der Waals surface area contributed by atoms with E-state index in [1.165, 1.54) is 0 Å². The number of aliphatic carboxylic acids is 1. The molecule has 1 fully saturated rings. The number of aliphatic hydroxyl groups excluding tert-OH is 1. The second kappa shape index (κ2) is 14.0. The van der Waals surface area contributed by atoms with Gasteiger partial charge in [-0.2, -0.15) is 0 Å². The number of unbranched alkanes of at least 4 members (excludes halogenated alkanes) is 2. The molecule has 0 bridgehead atoms. The minimum Gasteiger partial charge on any atom is -0.481 e. The minimum atomic E-state index is -0.777. The maximum absolute atomic E-state index is 12.7. The summed E-state index contributed by atoms with van der Waals surface area (Å²) >= 11 is 0. The number of carbonyl (C=O) groups excluding carboxylic acids is 1. The van der Waals surface area contributed by atoms with E-state index < -0.39 is 11.9 Å². The van der Waals surface area contributed by atoms with Crippen LogP contribution in [0.25, 0.3) is 0 Å². The lowest BCUT2D eigenvalue weighted by molar-refractivity contribution is -0.139. The smallest absolute Gasteiger partial charge is 0.310 e. The molecule has 1 saturated carbocycles. The molecule has 0 saturated heterocycles. The summed E-state index contributed by atoms with van der Waals surface area (Å²) < 4.78 is 5.66. The Kier molecular flexibility index (Phi) is 11.7. The molecule has 0 aromatic heterocycles.